The average molecular weight is 368 g/mol. The minimum atomic E-state index is -2.37. The normalized spacial score (nSPS) is 11.8. The van der Waals surface area contributed by atoms with Crippen LogP contribution >= 0.6 is 11.8 Å². The van der Waals surface area contributed by atoms with E-state index >= 15 is 0 Å². The summed E-state index contributed by atoms with van der Waals surface area (Å²) in [6.07, 6.45) is 0. The third-order valence-corrected chi connectivity index (χ3v) is 4.81. The van der Waals surface area contributed by atoms with E-state index in [9.17, 15) is 8.78 Å². The van der Waals surface area contributed by atoms with Crippen LogP contribution < -0.4 is 5.32 Å². The molecule has 0 spiro atoms. The first-order chi connectivity index (χ1) is 12.0. The van der Waals surface area contributed by atoms with E-state index in [1.807, 2.05) is 12.1 Å². The van der Waals surface area contributed by atoms with Crippen LogP contribution in [0.15, 0.2) is 40.8 Å². The molecule has 0 saturated heterocycles. The lowest BCUT2D eigenvalue weighted by molar-refractivity contribution is 0.251. The zero-order valence-corrected chi connectivity index (χ0v) is 15.8. The SMILES string of the molecule is CC(C)N(C)Cc1ccccc1CNCc1ccc(CSC(F)F)o1. The molecule has 0 atom stereocenters. The maximum absolute atomic E-state index is 12.2. The van der Waals surface area contributed by atoms with Crippen LogP contribution in [0.1, 0.15) is 36.5 Å². The summed E-state index contributed by atoms with van der Waals surface area (Å²) in [6, 6.07) is 12.5. The van der Waals surface area contributed by atoms with Gasteiger partial charge in [0.05, 0.1) is 12.3 Å². The predicted molar refractivity (Wildman–Crippen MR) is 99.6 cm³/mol. The Morgan fingerprint density at radius 1 is 1.04 bits per heavy atom. The van der Waals surface area contributed by atoms with E-state index in [1.54, 1.807) is 6.07 Å². The van der Waals surface area contributed by atoms with Gasteiger partial charge in [-0.1, -0.05) is 36.0 Å². The van der Waals surface area contributed by atoms with E-state index in [0.717, 1.165) is 18.8 Å². The topological polar surface area (TPSA) is 28.4 Å². The third kappa shape index (κ3) is 6.80. The Balaban J connectivity index is 1.85. The molecule has 3 nitrogen and oxygen atoms in total. The number of thioether (sulfide) groups is 1. The van der Waals surface area contributed by atoms with Crippen molar-refractivity contribution in [3.8, 4) is 0 Å². The molecule has 0 unspecified atom stereocenters. The molecule has 0 bridgehead atoms. The first-order valence-corrected chi connectivity index (χ1v) is 9.45. The molecule has 2 aromatic rings. The van der Waals surface area contributed by atoms with Crippen LogP contribution in [0.5, 0.6) is 0 Å². The Hall–Kier alpha value is -1.37. The van der Waals surface area contributed by atoms with E-state index in [2.05, 4.69) is 49.3 Å². The molecule has 0 aliphatic heterocycles. The first kappa shape index (κ1) is 19.9. The quantitative estimate of drug-likeness (QED) is 0.648. The predicted octanol–water partition coefficient (Wildman–Crippen LogP) is 4.87. The molecule has 25 heavy (non-hydrogen) atoms. The second kappa shape index (κ2) is 9.94. The lowest BCUT2D eigenvalue weighted by Crippen LogP contribution is -2.26. The Labute approximate surface area is 152 Å². The van der Waals surface area contributed by atoms with Crippen molar-refractivity contribution in [1.82, 2.24) is 10.2 Å². The highest BCUT2D eigenvalue weighted by Crippen LogP contribution is 2.21. The smallest absolute Gasteiger partial charge is 0.284 e. The van der Waals surface area contributed by atoms with Gasteiger partial charge in [0, 0.05) is 19.1 Å². The summed E-state index contributed by atoms with van der Waals surface area (Å²) >= 11 is 0.576. The van der Waals surface area contributed by atoms with E-state index < -0.39 is 5.76 Å². The van der Waals surface area contributed by atoms with Gasteiger partial charge in [0.15, 0.2) is 0 Å². The van der Waals surface area contributed by atoms with Gasteiger partial charge >= 0.3 is 0 Å². The largest absolute Gasteiger partial charge is 0.464 e. The Morgan fingerprint density at radius 2 is 1.72 bits per heavy atom. The zero-order valence-electron chi connectivity index (χ0n) is 15.0. The van der Waals surface area contributed by atoms with Crippen LogP contribution in [0.3, 0.4) is 0 Å². The van der Waals surface area contributed by atoms with E-state index in [1.165, 1.54) is 11.1 Å². The molecule has 0 fully saturated rings. The summed E-state index contributed by atoms with van der Waals surface area (Å²) in [5.41, 5.74) is 2.56. The summed E-state index contributed by atoms with van der Waals surface area (Å²) in [5, 5.41) is 3.37. The summed E-state index contributed by atoms with van der Waals surface area (Å²) in [5.74, 6) is -0.822. The van der Waals surface area contributed by atoms with Gasteiger partial charge in [-0.25, -0.2) is 0 Å². The molecule has 1 aromatic heterocycles. The van der Waals surface area contributed by atoms with Crippen molar-refractivity contribution < 1.29 is 13.2 Å². The zero-order chi connectivity index (χ0) is 18.2. The highest BCUT2D eigenvalue weighted by atomic mass is 32.2. The molecule has 138 valence electrons. The summed E-state index contributed by atoms with van der Waals surface area (Å²) in [4.78, 5) is 2.30. The number of benzene rings is 1. The molecule has 1 heterocycles. The highest BCUT2D eigenvalue weighted by molar-refractivity contribution is 7.98. The van der Waals surface area contributed by atoms with Crippen molar-refractivity contribution in [3.05, 3.63) is 59.0 Å². The van der Waals surface area contributed by atoms with E-state index in [-0.39, 0.29) is 5.75 Å². The minimum absolute atomic E-state index is 0.196. The lowest BCUT2D eigenvalue weighted by atomic mass is 10.1. The molecule has 6 heteroatoms. The molecule has 0 saturated carbocycles. The van der Waals surface area contributed by atoms with Gasteiger partial charge in [0.2, 0.25) is 0 Å². The molecular formula is C19H26F2N2OS. The lowest BCUT2D eigenvalue weighted by Gasteiger charge is -2.22. The number of hydrogen-bond donors (Lipinski definition) is 1. The first-order valence-electron chi connectivity index (χ1n) is 8.40. The Kier molecular flexibility index (Phi) is 7.93. The maximum Gasteiger partial charge on any atom is 0.284 e. The Bertz CT molecular complexity index is 646. The number of hydrogen-bond acceptors (Lipinski definition) is 4. The van der Waals surface area contributed by atoms with Crippen LogP contribution in [0.2, 0.25) is 0 Å². The molecule has 2 rings (SSSR count). The van der Waals surface area contributed by atoms with Crippen molar-refractivity contribution in [2.24, 2.45) is 0 Å². The van der Waals surface area contributed by atoms with Crippen LogP contribution in [0.4, 0.5) is 8.78 Å². The van der Waals surface area contributed by atoms with Gasteiger partial charge in [0.25, 0.3) is 5.76 Å². The molecule has 1 aromatic carbocycles. The number of halogens is 2. The monoisotopic (exact) mass is 368 g/mol. The van der Waals surface area contributed by atoms with Gasteiger partial charge in [0.1, 0.15) is 11.5 Å². The molecule has 0 aliphatic rings. The van der Waals surface area contributed by atoms with Crippen molar-refractivity contribution in [3.63, 3.8) is 0 Å². The van der Waals surface area contributed by atoms with Gasteiger partial charge in [-0.15, -0.1) is 0 Å². The molecule has 1 N–H and O–H groups in total. The van der Waals surface area contributed by atoms with Gasteiger partial charge in [-0.3, -0.25) is 4.90 Å². The van der Waals surface area contributed by atoms with Crippen molar-refractivity contribution in [2.45, 2.75) is 51.0 Å². The van der Waals surface area contributed by atoms with E-state index in [4.69, 9.17) is 4.42 Å². The average Bonchev–Trinajstić information content (AvgIpc) is 3.02. The summed E-state index contributed by atoms with van der Waals surface area (Å²) in [6.45, 7) is 6.59. The van der Waals surface area contributed by atoms with Crippen molar-refractivity contribution in [1.29, 1.82) is 0 Å². The van der Waals surface area contributed by atoms with Crippen LogP contribution in [-0.4, -0.2) is 23.7 Å². The van der Waals surface area contributed by atoms with Crippen LogP contribution in [-0.2, 0) is 25.4 Å². The van der Waals surface area contributed by atoms with Gasteiger partial charge in [-0.2, -0.15) is 8.78 Å². The molecule has 0 radical (unpaired) electrons. The second-order valence-corrected chi connectivity index (χ2v) is 7.30. The third-order valence-electron chi connectivity index (χ3n) is 4.10. The number of nitrogens with one attached hydrogen (secondary N) is 1. The number of furan rings is 1. The van der Waals surface area contributed by atoms with Gasteiger partial charge < -0.3 is 9.73 Å². The molecular weight excluding hydrogens is 342 g/mol. The van der Waals surface area contributed by atoms with E-state index in [0.29, 0.717) is 30.1 Å². The second-order valence-electron chi connectivity index (χ2n) is 6.32. The summed E-state index contributed by atoms with van der Waals surface area (Å²) in [7, 11) is 2.12. The fourth-order valence-electron chi connectivity index (χ4n) is 2.40. The molecule has 0 aliphatic carbocycles. The number of nitrogens with zero attached hydrogens (tertiary/aromatic N) is 1. The minimum Gasteiger partial charge on any atom is -0.464 e. The number of rotatable bonds is 10. The van der Waals surface area contributed by atoms with Crippen molar-refractivity contribution >= 4 is 11.8 Å². The van der Waals surface area contributed by atoms with Crippen molar-refractivity contribution in [2.75, 3.05) is 7.05 Å². The Morgan fingerprint density at radius 3 is 2.40 bits per heavy atom. The maximum atomic E-state index is 12.2. The van der Waals surface area contributed by atoms with Gasteiger partial charge in [-0.05, 0) is 44.2 Å². The fraction of sp³-hybridized carbons (Fsp3) is 0.474. The fourth-order valence-corrected chi connectivity index (χ4v) is 2.84. The number of alkyl halides is 2. The summed E-state index contributed by atoms with van der Waals surface area (Å²) < 4.78 is 30.0. The standard InChI is InChI=1S/C19H26F2N2OS/c1-14(2)23(3)12-16-7-5-4-6-15(16)10-22-11-17-8-9-18(24-17)13-25-19(20)21/h4-9,14,19,22H,10-13H2,1-3H3. The molecule has 0 amide bonds. The van der Waals surface area contributed by atoms with Crippen LogP contribution in [0.25, 0.3) is 0 Å². The highest BCUT2D eigenvalue weighted by Gasteiger charge is 2.09. The van der Waals surface area contributed by atoms with Crippen LogP contribution in [0, 0.1) is 0 Å².